The number of nitro groups is 1. The summed E-state index contributed by atoms with van der Waals surface area (Å²) in [6.07, 6.45) is 1.85. The van der Waals surface area contributed by atoms with E-state index in [4.69, 9.17) is 11.6 Å². The fraction of sp³-hybridized carbons (Fsp3) is 0.538. The summed E-state index contributed by atoms with van der Waals surface area (Å²) in [5.74, 6) is 1.51. The first kappa shape index (κ1) is 15.4. The normalized spacial score (nSPS) is 22.9. The van der Waals surface area contributed by atoms with Crippen LogP contribution in [0.25, 0.3) is 0 Å². The van der Waals surface area contributed by atoms with Crippen LogP contribution in [0.3, 0.4) is 0 Å². The monoisotopic (exact) mass is 316 g/mol. The first-order valence-corrected chi connectivity index (χ1v) is 8.32. The molecule has 0 atom stereocenters. The average Bonchev–Trinajstić information content (AvgIpc) is 2.41. The largest absolute Gasteiger partial charge is 0.299 e. The van der Waals surface area contributed by atoms with Gasteiger partial charge in [-0.15, -0.1) is 0 Å². The van der Waals surface area contributed by atoms with Crippen LogP contribution in [0.15, 0.2) is 18.2 Å². The predicted octanol–water partition coefficient (Wildman–Crippen LogP) is 2.59. The van der Waals surface area contributed by atoms with E-state index in [1.807, 2.05) is 7.05 Å². The molecule has 1 aromatic rings. The maximum atomic E-state index is 11.4. The number of rotatable bonds is 4. The lowest BCUT2D eigenvalue weighted by Crippen LogP contribution is -2.37. The lowest BCUT2D eigenvalue weighted by Gasteiger charge is -2.31. The maximum Gasteiger partial charge on any atom is 0.270 e. The van der Waals surface area contributed by atoms with Crippen molar-refractivity contribution < 1.29 is 9.13 Å². The van der Waals surface area contributed by atoms with E-state index in [-0.39, 0.29) is 5.69 Å². The molecule has 5 nitrogen and oxygen atoms in total. The van der Waals surface area contributed by atoms with E-state index in [0.29, 0.717) is 17.6 Å². The van der Waals surface area contributed by atoms with Gasteiger partial charge in [-0.25, -0.2) is 0 Å². The summed E-state index contributed by atoms with van der Waals surface area (Å²) in [5, 5.41) is 11.1. The smallest absolute Gasteiger partial charge is 0.270 e. The number of hydrogen-bond donors (Lipinski definition) is 0. The van der Waals surface area contributed by atoms with Gasteiger partial charge in [0.15, 0.2) is 0 Å². The third-order valence-corrected chi connectivity index (χ3v) is 5.38. The van der Waals surface area contributed by atoms with E-state index in [1.165, 1.54) is 12.1 Å². The third kappa shape index (κ3) is 3.77. The number of halogens is 1. The van der Waals surface area contributed by atoms with Gasteiger partial charge in [-0.3, -0.25) is 19.2 Å². The summed E-state index contributed by atoms with van der Waals surface area (Å²) in [7, 11) is 1.35. The molecular weight excluding hydrogens is 300 g/mol. The van der Waals surface area contributed by atoms with Crippen molar-refractivity contribution in [2.45, 2.75) is 25.4 Å². The Kier molecular flexibility index (Phi) is 5.12. The molecule has 110 valence electrons. The molecule has 20 heavy (non-hydrogen) atoms. The summed E-state index contributed by atoms with van der Waals surface area (Å²) < 4.78 is 11.4. The van der Waals surface area contributed by atoms with Crippen molar-refractivity contribution in [3.63, 3.8) is 0 Å². The number of non-ortho nitro benzene ring substituents is 1. The minimum atomic E-state index is -0.664. The molecule has 0 amide bonds. The molecule has 0 spiro atoms. The molecule has 1 heterocycles. The molecule has 2 rings (SSSR count). The van der Waals surface area contributed by atoms with Crippen LogP contribution in [0.2, 0.25) is 5.02 Å². The molecule has 1 aromatic carbocycles. The molecule has 0 N–H and O–H groups in total. The maximum absolute atomic E-state index is 11.4. The second-order valence-electron chi connectivity index (χ2n) is 5.03. The van der Waals surface area contributed by atoms with Crippen LogP contribution in [0.4, 0.5) is 5.69 Å². The van der Waals surface area contributed by atoms with Crippen LogP contribution in [0.5, 0.6) is 0 Å². The van der Waals surface area contributed by atoms with Gasteiger partial charge in [0.2, 0.25) is 0 Å². The van der Waals surface area contributed by atoms with E-state index >= 15 is 0 Å². The van der Waals surface area contributed by atoms with Gasteiger partial charge < -0.3 is 0 Å². The van der Waals surface area contributed by atoms with Crippen molar-refractivity contribution in [3.05, 3.63) is 38.9 Å². The third-order valence-electron chi connectivity index (χ3n) is 3.65. The van der Waals surface area contributed by atoms with Gasteiger partial charge >= 0.3 is 0 Å². The molecule has 0 unspecified atom stereocenters. The summed E-state index contributed by atoms with van der Waals surface area (Å²) >= 11 is 6.10. The Morgan fingerprint density at radius 2 is 2.10 bits per heavy atom. The van der Waals surface area contributed by atoms with Crippen molar-refractivity contribution in [2.24, 2.45) is 0 Å². The predicted molar refractivity (Wildman–Crippen MR) is 80.5 cm³/mol. The van der Waals surface area contributed by atoms with Crippen molar-refractivity contribution in [2.75, 3.05) is 18.6 Å². The van der Waals surface area contributed by atoms with Crippen molar-refractivity contribution >= 4 is 28.1 Å². The average molecular weight is 317 g/mol. The van der Waals surface area contributed by atoms with Crippen LogP contribution in [-0.2, 0) is 17.3 Å². The highest BCUT2D eigenvalue weighted by molar-refractivity contribution is 7.85. The van der Waals surface area contributed by atoms with Crippen LogP contribution in [-0.4, -0.2) is 38.6 Å². The zero-order valence-electron chi connectivity index (χ0n) is 11.3. The second-order valence-corrected chi connectivity index (χ2v) is 7.13. The summed E-state index contributed by atoms with van der Waals surface area (Å²) in [6, 6.07) is 4.97. The molecule has 0 radical (unpaired) electrons. The minimum Gasteiger partial charge on any atom is -0.299 e. The van der Waals surface area contributed by atoms with Crippen LogP contribution < -0.4 is 0 Å². The first-order chi connectivity index (χ1) is 9.47. The Bertz CT molecular complexity index is 528. The van der Waals surface area contributed by atoms with Crippen LogP contribution >= 0.6 is 11.6 Å². The first-order valence-electron chi connectivity index (χ1n) is 6.45. The van der Waals surface area contributed by atoms with Crippen molar-refractivity contribution in [3.8, 4) is 0 Å². The molecule has 0 saturated carbocycles. The van der Waals surface area contributed by atoms with E-state index in [1.54, 1.807) is 6.07 Å². The molecule has 0 bridgehead atoms. The Balaban J connectivity index is 2.02. The Morgan fingerprint density at radius 3 is 2.65 bits per heavy atom. The van der Waals surface area contributed by atoms with Crippen LogP contribution in [0.1, 0.15) is 18.4 Å². The Labute approximate surface area is 125 Å². The van der Waals surface area contributed by atoms with Crippen molar-refractivity contribution in [1.82, 2.24) is 4.90 Å². The van der Waals surface area contributed by atoms with E-state index in [9.17, 15) is 14.3 Å². The number of benzene rings is 1. The highest BCUT2D eigenvalue weighted by atomic mass is 35.5. The molecule has 0 aromatic heterocycles. The summed E-state index contributed by atoms with van der Waals surface area (Å²) in [4.78, 5) is 12.4. The lowest BCUT2D eigenvalue weighted by atomic mass is 10.1. The van der Waals surface area contributed by atoms with Gasteiger partial charge in [-0.1, -0.05) is 11.6 Å². The zero-order valence-corrected chi connectivity index (χ0v) is 12.8. The summed E-state index contributed by atoms with van der Waals surface area (Å²) in [6.45, 7) is 0.647. The lowest BCUT2D eigenvalue weighted by molar-refractivity contribution is -0.384. The quantitative estimate of drug-likeness (QED) is 0.632. The van der Waals surface area contributed by atoms with E-state index < -0.39 is 15.7 Å². The Hall–Kier alpha value is -0.980. The van der Waals surface area contributed by atoms with Gasteiger partial charge in [0.1, 0.15) is 0 Å². The van der Waals surface area contributed by atoms with Crippen molar-refractivity contribution in [1.29, 1.82) is 0 Å². The fourth-order valence-electron chi connectivity index (χ4n) is 2.40. The molecule has 1 fully saturated rings. The van der Waals surface area contributed by atoms with E-state index in [2.05, 4.69) is 4.90 Å². The van der Waals surface area contributed by atoms with Gasteiger partial charge in [-0.2, -0.15) is 0 Å². The SMILES string of the molecule is CN(Cc1ccc([N+](=O)[O-])cc1Cl)C1CCS(=O)CC1. The standard InChI is InChI=1S/C13H17ClN2O3S/c1-15(11-4-6-20(19)7-5-11)9-10-2-3-12(16(17)18)8-13(10)14/h2-3,8,11H,4-7,9H2,1H3. The van der Waals surface area contributed by atoms with Crippen LogP contribution in [0, 0.1) is 10.1 Å². The van der Waals surface area contributed by atoms with Gasteiger partial charge in [0.05, 0.1) is 9.95 Å². The summed E-state index contributed by atoms with van der Waals surface area (Å²) in [5.41, 5.74) is 0.890. The molecule has 7 heteroatoms. The van der Waals surface area contributed by atoms with Gasteiger partial charge in [-0.05, 0) is 31.5 Å². The number of nitrogens with zero attached hydrogens (tertiary/aromatic N) is 2. The second kappa shape index (κ2) is 6.65. The van der Waals surface area contributed by atoms with Gasteiger partial charge in [0, 0.05) is 47.0 Å². The molecule has 1 aliphatic heterocycles. The fourth-order valence-corrected chi connectivity index (χ4v) is 3.91. The molecular formula is C13H17ClN2O3S. The molecule has 1 saturated heterocycles. The molecule has 0 aliphatic carbocycles. The topological polar surface area (TPSA) is 63.4 Å². The number of nitro benzene ring substituents is 1. The van der Waals surface area contributed by atoms with Gasteiger partial charge in [0.25, 0.3) is 5.69 Å². The Morgan fingerprint density at radius 1 is 1.45 bits per heavy atom. The zero-order chi connectivity index (χ0) is 14.7. The molecule has 1 aliphatic rings. The highest BCUT2D eigenvalue weighted by Gasteiger charge is 2.22. The highest BCUT2D eigenvalue weighted by Crippen LogP contribution is 2.25. The van der Waals surface area contributed by atoms with E-state index in [0.717, 1.165) is 29.9 Å². The minimum absolute atomic E-state index is 0.00876. The number of hydrogen-bond acceptors (Lipinski definition) is 4.